The van der Waals surface area contributed by atoms with Crippen molar-refractivity contribution >= 4 is 40.7 Å². The number of carbonyl (C=O) groups excluding carboxylic acids is 2. The number of methoxy groups -OCH3 is 3. The number of anilines is 1. The SMILES string of the molecule is COC(=O)[C@H](CCSC)NC(=O)CN1CC(C)=Nc2cc(OC)c(OC)cc21. The molecule has 2 rings (SSSR count). The van der Waals surface area contributed by atoms with E-state index < -0.39 is 12.0 Å². The van der Waals surface area contributed by atoms with Crippen molar-refractivity contribution < 1.29 is 23.8 Å². The van der Waals surface area contributed by atoms with Gasteiger partial charge in [0.15, 0.2) is 11.5 Å². The highest BCUT2D eigenvalue weighted by Crippen LogP contribution is 2.41. The molecular weight excluding hydrogens is 382 g/mol. The summed E-state index contributed by atoms with van der Waals surface area (Å²) in [6.45, 7) is 2.49. The van der Waals surface area contributed by atoms with Crippen LogP contribution < -0.4 is 19.7 Å². The number of thioether (sulfide) groups is 1. The molecule has 0 unspecified atom stereocenters. The summed E-state index contributed by atoms with van der Waals surface area (Å²) in [5, 5.41) is 2.78. The van der Waals surface area contributed by atoms with Gasteiger partial charge in [-0.25, -0.2) is 4.79 Å². The van der Waals surface area contributed by atoms with Crippen LogP contribution in [0.5, 0.6) is 11.5 Å². The van der Waals surface area contributed by atoms with Crippen LogP contribution in [0.4, 0.5) is 11.4 Å². The molecule has 1 aromatic carbocycles. The minimum Gasteiger partial charge on any atom is -0.493 e. The first-order valence-corrected chi connectivity index (χ1v) is 10.2. The number of hydrogen-bond acceptors (Lipinski definition) is 8. The Labute approximate surface area is 169 Å². The van der Waals surface area contributed by atoms with Gasteiger partial charge >= 0.3 is 5.97 Å². The van der Waals surface area contributed by atoms with Crippen molar-refractivity contribution in [1.29, 1.82) is 0 Å². The van der Waals surface area contributed by atoms with E-state index in [0.717, 1.165) is 17.2 Å². The van der Waals surface area contributed by atoms with Crippen LogP contribution in [0.1, 0.15) is 13.3 Å². The Hall–Kier alpha value is -2.42. The van der Waals surface area contributed by atoms with Crippen molar-refractivity contribution in [2.45, 2.75) is 19.4 Å². The molecule has 0 spiro atoms. The number of esters is 1. The lowest BCUT2D eigenvalue weighted by atomic mass is 10.1. The standard InChI is InChI=1S/C19H27N3O5S/c1-12-10-22(11-18(23)21-13(6-7-28-5)19(24)27-4)15-9-17(26-3)16(25-2)8-14(15)20-12/h8-9,13H,6-7,10-11H2,1-5H3,(H,21,23)/t13-/m0/s1. The number of amides is 1. The van der Waals surface area contributed by atoms with Crippen molar-refractivity contribution in [3.63, 3.8) is 0 Å². The van der Waals surface area contributed by atoms with Crippen LogP contribution in [-0.4, -0.2) is 70.1 Å². The number of nitrogens with zero attached hydrogens (tertiary/aromatic N) is 2. The average molecular weight is 410 g/mol. The molecule has 0 saturated carbocycles. The van der Waals surface area contributed by atoms with Gasteiger partial charge < -0.3 is 24.4 Å². The largest absolute Gasteiger partial charge is 0.493 e. The zero-order valence-corrected chi connectivity index (χ0v) is 17.7. The lowest BCUT2D eigenvalue weighted by Gasteiger charge is -2.30. The topological polar surface area (TPSA) is 89.5 Å². The Morgan fingerprint density at radius 1 is 1.25 bits per heavy atom. The smallest absolute Gasteiger partial charge is 0.328 e. The monoisotopic (exact) mass is 409 g/mol. The second-order valence-corrected chi connectivity index (χ2v) is 7.31. The maximum absolute atomic E-state index is 12.6. The summed E-state index contributed by atoms with van der Waals surface area (Å²) in [4.78, 5) is 31.0. The molecule has 0 aliphatic carbocycles. The van der Waals surface area contributed by atoms with Gasteiger partial charge in [0.1, 0.15) is 6.04 Å². The summed E-state index contributed by atoms with van der Waals surface area (Å²) in [5.41, 5.74) is 2.36. The Morgan fingerprint density at radius 3 is 2.54 bits per heavy atom. The Kier molecular flexibility index (Phi) is 7.98. The molecular formula is C19H27N3O5S. The van der Waals surface area contributed by atoms with E-state index in [1.807, 2.05) is 24.1 Å². The van der Waals surface area contributed by atoms with Crippen molar-refractivity contribution in [1.82, 2.24) is 5.32 Å². The molecule has 28 heavy (non-hydrogen) atoms. The molecule has 1 aliphatic rings. The number of benzene rings is 1. The van der Waals surface area contributed by atoms with Crippen LogP contribution in [0.2, 0.25) is 0 Å². The van der Waals surface area contributed by atoms with Gasteiger partial charge in [0.25, 0.3) is 0 Å². The van der Waals surface area contributed by atoms with E-state index in [2.05, 4.69) is 10.3 Å². The maximum atomic E-state index is 12.6. The number of hydrogen-bond donors (Lipinski definition) is 1. The second-order valence-electron chi connectivity index (χ2n) is 6.32. The number of carbonyl (C=O) groups is 2. The number of fused-ring (bicyclic) bond motifs is 1. The lowest BCUT2D eigenvalue weighted by molar-refractivity contribution is -0.145. The van der Waals surface area contributed by atoms with Gasteiger partial charge in [-0.2, -0.15) is 11.8 Å². The molecule has 1 amide bonds. The molecule has 9 heteroatoms. The van der Waals surface area contributed by atoms with E-state index in [4.69, 9.17) is 14.2 Å². The lowest BCUT2D eigenvalue weighted by Crippen LogP contribution is -2.47. The third-order valence-corrected chi connectivity index (χ3v) is 4.96. The molecule has 0 aromatic heterocycles. The van der Waals surface area contributed by atoms with Gasteiger partial charge in [0.05, 0.1) is 45.8 Å². The van der Waals surface area contributed by atoms with Gasteiger partial charge in [-0.3, -0.25) is 9.79 Å². The number of rotatable bonds is 9. The van der Waals surface area contributed by atoms with E-state index in [1.165, 1.54) is 7.11 Å². The molecule has 1 heterocycles. The predicted octanol–water partition coefficient (Wildman–Crippen LogP) is 2.03. The normalized spacial score (nSPS) is 13.9. The van der Waals surface area contributed by atoms with Crippen molar-refractivity contribution in [3.8, 4) is 11.5 Å². The average Bonchev–Trinajstić information content (AvgIpc) is 2.69. The first kappa shape index (κ1) is 21.9. The quantitative estimate of drug-likeness (QED) is 0.624. The van der Waals surface area contributed by atoms with Gasteiger partial charge in [0.2, 0.25) is 5.91 Å². The fraction of sp³-hybridized carbons (Fsp3) is 0.526. The minimum absolute atomic E-state index is 0.0854. The van der Waals surface area contributed by atoms with Crippen molar-refractivity contribution in [3.05, 3.63) is 12.1 Å². The number of nitrogens with one attached hydrogen (secondary N) is 1. The fourth-order valence-corrected chi connectivity index (χ4v) is 3.46. The van der Waals surface area contributed by atoms with Crippen LogP contribution in [0.3, 0.4) is 0 Å². The molecule has 1 aliphatic heterocycles. The van der Waals surface area contributed by atoms with E-state index in [1.54, 1.807) is 32.0 Å². The summed E-state index contributed by atoms with van der Waals surface area (Å²) in [6.07, 6.45) is 2.46. The summed E-state index contributed by atoms with van der Waals surface area (Å²) < 4.78 is 15.5. The zero-order valence-electron chi connectivity index (χ0n) is 16.9. The first-order valence-electron chi connectivity index (χ1n) is 8.84. The minimum atomic E-state index is -0.658. The second kappa shape index (κ2) is 10.2. The van der Waals surface area contributed by atoms with Crippen molar-refractivity contribution in [2.75, 3.05) is 51.3 Å². The number of ether oxygens (including phenoxy) is 3. The zero-order chi connectivity index (χ0) is 20.7. The molecule has 154 valence electrons. The molecule has 0 bridgehead atoms. The highest BCUT2D eigenvalue weighted by molar-refractivity contribution is 7.98. The van der Waals surface area contributed by atoms with Crippen LogP contribution in [0.15, 0.2) is 17.1 Å². The Bertz CT molecular complexity index is 753. The van der Waals surface area contributed by atoms with Crippen molar-refractivity contribution in [2.24, 2.45) is 4.99 Å². The van der Waals surface area contributed by atoms with E-state index >= 15 is 0 Å². The molecule has 1 N–H and O–H groups in total. The number of aliphatic imine (C=N–C) groups is 1. The summed E-state index contributed by atoms with van der Waals surface area (Å²) in [5.74, 6) is 1.19. The summed E-state index contributed by atoms with van der Waals surface area (Å²) in [6, 6.07) is 2.94. The van der Waals surface area contributed by atoms with Crippen LogP contribution >= 0.6 is 11.8 Å². The van der Waals surface area contributed by atoms with Gasteiger partial charge in [-0.05, 0) is 25.4 Å². The van der Waals surface area contributed by atoms with Crippen LogP contribution in [-0.2, 0) is 14.3 Å². The van der Waals surface area contributed by atoms with E-state index in [0.29, 0.717) is 30.2 Å². The van der Waals surface area contributed by atoms with Crippen LogP contribution in [0.25, 0.3) is 0 Å². The highest BCUT2D eigenvalue weighted by atomic mass is 32.2. The van der Waals surface area contributed by atoms with Crippen LogP contribution in [0, 0.1) is 0 Å². The molecule has 0 fully saturated rings. The van der Waals surface area contributed by atoms with E-state index in [-0.39, 0.29) is 12.5 Å². The highest BCUT2D eigenvalue weighted by Gasteiger charge is 2.26. The molecule has 1 aromatic rings. The molecule has 0 saturated heterocycles. The van der Waals surface area contributed by atoms with Gasteiger partial charge in [-0.15, -0.1) is 0 Å². The molecule has 8 nitrogen and oxygen atoms in total. The maximum Gasteiger partial charge on any atom is 0.328 e. The molecule has 0 radical (unpaired) electrons. The van der Waals surface area contributed by atoms with Gasteiger partial charge in [0, 0.05) is 17.8 Å². The predicted molar refractivity (Wildman–Crippen MR) is 111 cm³/mol. The van der Waals surface area contributed by atoms with E-state index in [9.17, 15) is 9.59 Å². The third-order valence-electron chi connectivity index (χ3n) is 4.32. The molecule has 1 atom stereocenters. The Balaban J connectivity index is 2.19. The third kappa shape index (κ3) is 5.31. The van der Waals surface area contributed by atoms with Gasteiger partial charge in [-0.1, -0.05) is 0 Å². The fourth-order valence-electron chi connectivity index (χ4n) is 2.98. The Morgan fingerprint density at radius 2 is 1.93 bits per heavy atom. The first-order chi connectivity index (χ1) is 13.4. The summed E-state index contributed by atoms with van der Waals surface area (Å²) in [7, 11) is 4.45. The summed E-state index contributed by atoms with van der Waals surface area (Å²) >= 11 is 1.61.